The fourth-order valence-corrected chi connectivity index (χ4v) is 2.97. The van der Waals surface area contributed by atoms with Gasteiger partial charge in [0.2, 0.25) is 0 Å². The van der Waals surface area contributed by atoms with Crippen LogP contribution in [0.25, 0.3) is 0 Å². The highest BCUT2D eigenvalue weighted by Gasteiger charge is 2.46. The molecule has 4 heteroatoms. The van der Waals surface area contributed by atoms with Gasteiger partial charge in [0.15, 0.2) is 4.73 Å². The van der Waals surface area contributed by atoms with E-state index in [0.29, 0.717) is 5.92 Å². The van der Waals surface area contributed by atoms with Crippen molar-refractivity contribution in [2.45, 2.75) is 37.8 Å². The third-order valence-corrected chi connectivity index (χ3v) is 4.32. The van der Waals surface area contributed by atoms with Crippen molar-refractivity contribution in [1.29, 1.82) is 0 Å². The maximum atomic E-state index is 6.24. The number of rotatable bonds is 1. The van der Waals surface area contributed by atoms with Crippen LogP contribution in [0.4, 0.5) is 0 Å². The first-order chi connectivity index (χ1) is 6.69. The minimum atomic E-state index is 0.169. The smallest absolute Gasteiger partial charge is 0.177 e. The molecule has 1 aromatic rings. The lowest BCUT2D eigenvalue weighted by molar-refractivity contribution is 0.314. The van der Waals surface area contributed by atoms with Gasteiger partial charge in [-0.3, -0.25) is 0 Å². The van der Waals surface area contributed by atoms with Crippen molar-refractivity contribution in [1.82, 2.24) is 9.55 Å². The summed E-state index contributed by atoms with van der Waals surface area (Å²) in [6.45, 7) is 1.07. The molecule has 1 aliphatic heterocycles. The van der Waals surface area contributed by atoms with Gasteiger partial charge in [-0.05, 0) is 47.5 Å². The van der Waals surface area contributed by atoms with E-state index in [9.17, 15) is 0 Å². The summed E-state index contributed by atoms with van der Waals surface area (Å²) in [5.74, 6) is 0.679. The summed E-state index contributed by atoms with van der Waals surface area (Å²) < 4.78 is 3.22. The van der Waals surface area contributed by atoms with Crippen molar-refractivity contribution in [3.8, 4) is 0 Å². The van der Waals surface area contributed by atoms with Crippen LogP contribution in [0.2, 0.25) is 0 Å². The number of fused-ring (bicyclic) bond motifs is 1. The van der Waals surface area contributed by atoms with Gasteiger partial charge in [0, 0.05) is 24.0 Å². The van der Waals surface area contributed by atoms with E-state index in [-0.39, 0.29) is 5.54 Å². The van der Waals surface area contributed by atoms with Crippen LogP contribution in [-0.4, -0.2) is 15.1 Å². The topological polar surface area (TPSA) is 43.8 Å². The van der Waals surface area contributed by atoms with Crippen LogP contribution >= 0.6 is 15.9 Å². The van der Waals surface area contributed by atoms with E-state index < -0.39 is 0 Å². The second-order valence-electron chi connectivity index (χ2n) is 4.59. The van der Waals surface area contributed by atoms with Gasteiger partial charge < -0.3 is 10.3 Å². The number of hydrogen-bond acceptors (Lipinski definition) is 2. The van der Waals surface area contributed by atoms with Crippen molar-refractivity contribution >= 4 is 15.9 Å². The van der Waals surface area contributed by atoms with Gasteiger partial charge in [-0.2, -0.15) is 0 Å². The number of halogens is 1. The van der Waals surface area contributed by atoms with Crippen LogP contribution in [0.3, 0.4) is 0 Å². The Kier molecular flexibility index (Phi) is 1.80. The van der Waals surface area contributed by atoms with Gasteiger partial charge in [-0.15, -0.1) is 0 Å². The molecule has 1 saturated carbocycles. The van der Waals surface area contributed by atoms with Crippen LogP contribution in [0.15, 0.2) is 10.9 Å². The highest BCUT2D eigenvalue weighted by molar-refractivity contribution is 9.10. The van der Waals surface area contributed by atoms with Crippen LogP contribution in [0.1, 0.15) is 25.0 Å². The third-order valence-electron chi connectivity index (χ3n) is 3.69. The van der Waals surface area contributed by atoms with Gasteiger partial charge in [0.1, 0.15) is 0 Å². The van der Waals surface area contributed by atoms with Crippen molar-refractivity contribution in [2.24, 2.45) is 11.7 Å². The lowest BCUT2D eigenvalue weighted by Gasteiger charge is -2.28. The minimum Gasteiger partial charge on any atom is -0.325 e. The average molecular weight is 256 g/mol. The van der Waals surface area contributed by atoms with Gasteiger partial charge in [-0.1, -0.05) is 0 Å². The molecule has 0 aromatic carbocycles. The molecule has 14 heavy (non-hydrogen) atoms. The number of nitrogens with zero attached hydrogens (tertiary/aromatic N) is 2. The van der Waals surface area contributed by atoms with Crippen LogP contribution in [0, 0.1) is 5.92 Å². The predicted octanol–water partition coefficient (Wildman–Crippen LogP) is 1.70. The Hall–Kier alpha value is -0.350. The molecular formula is C10H14BrN3. The molecule has 1 fully saturated rings. The fourth-order valence-electron chi connectivity index (χ4n) is 2.47. The summed E-state index contributed by atoms with van der Waals surface area (Å²) in [5.41, 5.74) is 7.75. The average Bonchev–Trinajstić information content (AvgIpc) is 2.84. The van der Waals surface area contributed by atoms with E-state index in [1.54, 1.807) is 0 Å². The van der Waals surface area contributed by atoms with E-state index in [2.05, 4.69) is 25.5 Å². The van der Waals surface area contributed by atoms with Gasteiger partial charge in [0.25, 0.3) is 0 Å². The lowest BCUT2D eigenvalue weighted by atomic mass is 9.87. The molecule has 2 heterocycles. The van der Waals surface area contributed by atoms with Crippen LogP contribution < -0.4 is 5.73 Å². The molecule has 0 spiro atoms. The first kappa shape index (κ1) is 8.92. The molecule has 3 rings (SSSR count). The summed E-state index contributed by atoms with van der Waals surface area (Å²) in [6, 6.07) is 0. The van der Waals surface area contributed by atoms with Crippen LogP contribution in [-0.2, 0) is 13.0 Å². The Morgan fingerprint density at radius 2 is 2.36 bits per heavy atom. The summed E-state index contributed by atoms with van der Waals surface area (Å²) in [7, 11) is 0. The van der Waals surface area contributed by atoms with Crippen molar-refractivity contribution in [3.05, 3.63) is 16.6 Å². The number of imidazole rings is 1. The normalized spacial score (nSPS) is 28.6. The maximum Gasteiger partial charge on any atom is 0.177 e. The van der Waals surface area contributed by atoms with Gasteiger partial charge >= 0.3 is 0 Å². The summed E-state index contributed by atoms with van der Waals surface area (Å²) >= 11 is 3.46. The zero-order chi connectivity index (χ0) is 9.76. The predicted molar refractivity (Wildman–Crippen MR) is 57.9 cm³/mol. The van der Waals surface area contributed by atoms with Gasteiger partial charge in [-0.25, -0.2) is 4.98 Å². The maximum absolute atomic E-state index is 6.24. The largest absolute Gasteiger partial charge is 0.325 e. The van der Waals surface area contributed by atoms with Crippen molar-refractivity contribution in [3.63, 3.8) is 0 Å². The Labute approximate surface area is 91.8 Å². The molecule has 0 radical (unpaired) electrons. The molecular weight excluding hydrogens is 242 g/mol. The molecule has 0 amide bonds. The van der Waals surface area contributed by atoms with E-state index in [4.69, 9.17) is 5.73 Å². The zero-order valence-electron chi connectivity index (χ0n) is 8.04. The van der Waals surface area contributed by atoms with E-state index in [1.165, 1.54) is 25.0 Å². The molecule has 1 unspecified atom stereocenters. The monoisotopic (exact) mass is 255 g/mol. The molecule has 0 bridgehead atoms. The van der Waals surface area contributed by atoms with Crippen LogP contribution in [0.5, 0.6) is 0 Å². The fraction of sp³-hybridized carbons (Fsp3) is 0.700. The van der Waals surface area contributed by atoms with Crippen molar-refractivity contribution in [2.75, 3.05) is 0 Å². The highest BCUT2D eigenvalue weighted by atomic mass is 79.9. The number of nitrogens with two attached hydrogens (primary N) is 1. The molecule has 76 valence electrons. The SMILES string of the molecule is NC1(C2CCn3c(cnc3Br)C2)CC1. The van der Waals surface area contributed by atoms with E-state index >= 15 is 0 Å². The van der Waals surface area contributed by atoms with E-state index in [1.807, 2.05) is 6.20 Å². The summed E-state index contributed by atoms with van der Waals surface area (Å²) in [4.78, 5) is 4.27. The molecule has 2 N–H and O–H groups in total. The molecule has 3 nitrogen and oxygen atoms in total. The zero-order valence-corrected chi connectivity index (χ0v) is 9.63. The summed E-state index contributed by atoms with van der Waals surface area (Å²) in [6.07, 6.45) is 6.72. The Morgan fingerprint density at radius 3 is 3.07 bits per heavy atom. The van der Waals surface area contributed by atoms with Crippen molar-refractivity contribution < 1.29 is 0 Å². The lowest BCUT2D eigenvalue weighted by Crippen LogP contribution is -2.37. The first-order valence-corrected chi connectivity index (χ1v) is 5.97. The quantitative estimate of drug-likeness (QED) is 0.831. The Morgan fingerprint density at radius 1 is 1.57 bits per heavy atom. The molecule has 1 aromatic heterocycles. The second kappa shape index (κ2) is 2.83. The van der Waals surface area contributed by atoms with Gasteiger partial charge in [0.05, 0.1) is 0 Å². The second-order valence-corrected chi connectivity index (χ2v) is 5.30. The Balaban J connectivity index is 1.87. The number of hydrogen-bond donors (Lipinski definition) is 1. The summed E-state index contributed by atoms with van der Waals surface area (Å²) in [5, 5.41) is 0. The molecule has 1 atom stereocenters. The highest BCUT2D eigenvalue weighted by Crippen LogP contribution is 2.44. The molecule has 0 saturated heterocycles. The standard InChI is InChI=1S/C10H14BrN3/c11-9-13-6-8-5-7(1-4-14(8)9)10(12)2-3-10/h6-7H,1-5,12H2. The number of aromatic nitrogens is 2. The van der Waals surface area contributed by atoms with E-state index in [0.717, 1.165) is 17.7 Å². The first-order valence-electron chi connectivity index (χ1n) is 5.18. The Bertz CT molecular complexity index is 367. The third kappa shape index (κ3) is 1.24. The molecule has 1 aliphatic carbocycles. The minimum absolute atomic E-state index is 0.169. The molecule has 2 aliphatic rings.